The number of carbonyl (C=O) groups is 2. The van der Waals surface area contributed by atoms with Crippen LogP contribution in [0.1, 0.15) is 45.9 Å². The van der Waals surface area contributed by atoms with Crippen LogP contribution in [0.25, 0.3) is 0 Å². The van der Waals surface area contributed by atoms with Crippen molar-refractivity contribution < 1.29 is 14.3 Å². The average Bonchev–Trinajstić information content (AvgIpc) is 2.91. The molecule has 24 heavy (non-hydrogen) atoms. The lowest BCUT2D eigenvalue weighted by Gasteiger charge is -2.35. The quantitative estimate of drug-likeness (QED) is 0.910. The Balaban J connectivity index is 1.90. The minimum Gasteiger partial charge on any atom is -0.444 e. The first-order valence-corrected chi connectivity index (χ1v) is 8.51. The highest BCUT2D eigenvalue weighted by molar-refractivity contribution is 5.85. The number of amides is 2. The molecule has 1 aromatic rings. The summed E-state index contributed by atoms with van der Waals surface area (Å²) in [5.41, 5.74) is -0.562. The van der Waals surface area contributed by atoms with Gasteiger partial charge in [0, 0.05) is 39.0 Å². The lowest BCUT2D eigenvalue weighted by atomic mass is 10.0. The monoisotopic (exact) mass is 336 g/mol. The number of nitrogens with zero attached hydrogens (tertiary/aromatic N) is 3. The van der Waals surface area contributed by atoms with Gasteiger partial charge in [0.2, 0.25) is 5.91 Å². The fourth-order valence-electron chi connectivity index (χ4n) is 2.80. The molecule has 134 valence electrons. The van der Waals surface area contributed by atoms with Crippen LogP contribution in [0.2, 0.25) is 0 Å². The van der Waals surface area contributed by atoms with Gasteiger partial charge in [-0.3, -0.25) is 9.69 Å². The Morgan fingerprint density at radius 2 is 2.12 bits per heavy atom. The maximum atomic E-state index is 12.5. The van der Waals surface area contributed by atoms with E-state index in [1.165, 1.54) is 0 Å². The van der Waals surface area contributed by atoms with Crippen molar-refractivity contribution in [3.63, 3.8) is 0 Å². The van der Waals surface area contributed by atoms with Crippen molar-refractivity contribution in [1.82, 2.24) is 19.8 Å². The zero-order chi connectivity index (χ0) is 17.7. The second kappa shape index (κ2) is 7.68. The van der Waals surface area contributed by atoms with E-state index in [4.69, 9.17) is 4.74 Å². The van der Waals surface area contributed by atoms with Crippen molar-refractivity contribution in [2.24, 2.45) is 7.05 Å². The van der Waals surface area contributed by atoms with Gasteiger partial charge in [0.1, 0.15) is 17.5 Å². The molecular formula is C17H28N4O3. The highest BCUT2D eigenvalue weighted by Crippen LogP contribution is 2.20. The summed E-state index contributed by atoms with van der Waals surface area (Å²) in [5.74, 6) is 0.803. The molecule has 7 nitrogen and oxygen atoms in total. The number of piperidine rings is 1. The van der Waals surface area contributed by atoms with Crippen molar-refractivity contribution in [2.75, 3.05) is 13.1 Å². The number of carbonyl (C=O) groups excluding carboxylic acids is 2. The van der Waals surface area contributed by atoms with Gasteiger partial charge in [0.15, 0.2) is 0 Å². The lowest BCUT2D eigenvalue weighted by molar-refractivity contribution is -0.127. The van der Waals surface area contributed by atoms with Crippen LogP contribution in [0.4, 0.5) is 4.79 Å². The maximum absolute atomic E-state index is 12.5. The number of likely N-dealkylation sites (tertiary alicyclic amines) is 1. The minimum absolute atomic E-state index is 0.116. The number of nitrogens with one attached hydrogen (secondary N) is 1. The molecule has 1 aliphatic heterocycles. The van der Waals surface area contributed by atoms with E-state index in [-0.39, 0.29) is 5.91 Å². The van der Waals surface area contributed by atoms with E-state index in [1.807, 2.05) is 38.6 Å². The molecule has 2 rings (SSSR count). The van der Waals surface area contributed by atoms with Gasteiger partial charge in [0.05, 0.1) is 0 Å². The Hall–Kier alpha value is -2.05. The summed E-state index contributed by atoms with van der Waals surface area (Å²) >= 11 is 0. The number of hydrogen-bond acceptors (Lipinski definition) is 4. The Labute approximate surface area is 143 Å². The van der Waals surface area contributed by atoms with Crippen molar-refractivity contribution in [2.45, 2.75) is 58.1 Å². The number of aromatic nitrogens is 2. The summed E-state index contributed by atoms with van der Waals surface area (Å²) in [4.78, 5) is 30.6. The van der Waals surface area contributed by atoms with Gasteiger partial charge in [-0.25, -0.2) is 9.78 Å². The third kappa shape index (κ3) is 4.97. The Morgan fingerprint density at radius 3 is 2.75 bits per heavy atom. The third-order valence-corrected chi connectivity index (χ3v) is 4.00. The molecular weight excluding hydrogens is 308 g/mol. The van der Waals surface area contributed by atoms with E-state index in [0.717, 1.165) is 18.7 Å². The van der Waals surface area contributed by atoms with E-state index in [1.54, 1.807) is 11.1 Å². The SMILES string of the molecule is Cn1ccnc1CCNC(=O)[C@H]1CCCCN1C(=O)OC(C)(C)C. The van der Waals surface area contributed by atoms with Crippen LogP contribution in [-0.2, 0) is 23.0 Å². The van der Waals surface area contributed by atoms with Gasteiger partial charge < -0.3 is 14.6 Å². The van der Waals surface area contributed by atoms with Crippen LogP contribution in [0.5, 0.6) is 0 Å². The van der Waals surface area contributed by atoms with Gasteiger partial charge in [-0.2, -0.15) is 0 Å². The van der Waals surface area contributed by atoms with Crippen molar-refractivity contribution in [3.8, 4) is 0 Å². The third-order valence-electron chi connectivity index (χ3n) is 4.00. The van der Waals surface area contributed by atoms with Crippen molar-refractivity contribution in [1.29, 1.82) is 0 Å². The summed E-state index contributed by atoms with van der Waals surface area (Å²) in [6.45, 7) is 6.55. The molecule has 1 atom stereocenters. The molecule has 0 aromatic carbocycles. The van der Waals surface area contributed by atoms with Gasteiger partial charge in [-0.05, 0) is 40.0 Å². The molecule has 0 aliphatic carbocycles. The molecule has 7 heteroatoms. The molecule has 2 amide bonds. The summed E-state index contributed by atoms with van der Waals surface area (Å²) in [6.07, 6.45) is 6.38. The van der Waals surface area contributed by atoms with Crippen LogP contribution in [0.3, 0.4) is 0 Å². The van der Waals surface area contributed by atoms with Crippen LogP contribution < -0.4 is 5.32 Å². The molecule has 0 unspecified atom stereocenters. The molecule has 0 spiro atoms. The van der Waals surface area contributed by atoms with Gasteiger partial charge in [-0.1, -0.05) is 0 Å². The van der Waals surface area contributed by atoms with Crippen molar-refractivity contribution in [3.05, 3.63) is 18.2 Å². The predicted octanol–water partition coefficient (Wildman–Crippen LogP) is 1.87. The first-order chi connectivity index (χ1) is 11.3. The van der Waals surface area contributed by atoms with Crippen molar-refractivity contribution >= 4 is 12.0 Å². The summed E-state index contributed by atoms with van der Waals surface area (Å²) in [6, 6.07) is -0.449. The predicted molar refractivity (Wildman–Crippen MR) is 90.5 cm³/mol. The van der Waals surface area contributed by atoms with Gasteiger partial charge in [-0.15, -0.1) is 0 Å². The van der Waals surface area contributed by atoms with Gasteiger partial charge in [0.25, 0.3) is 0 Å². The molecule has 1 aromatic heterocycles. The first kappa shape index (κ1) is 18.3. The summed E-state index contributed by atoms with van der Waals surface area (Å²) in [5, 5.41) is 2.92. The average molecular weight is 336 g/mol. The highest BCUT2D eigenvalue weighted by atomic mass is 16.6. The normalized spacial score (nSPS) is 18.3. The smallest absolute Gasteiger partial charge is 0.410 e. The topological polar surface area (TPSA) is 76.5 Å². The first-order valence-electron chi connectivity index (χ1n) is 8.51. The minimum atomic E-state index is -0.562. The molecule has 1 fully saturated rings. The number of hydrogen-bond donors (Lipinski definition) is 1. The number of ether oxygens (including phenoxy) is 1. The molecule has 2 heterocycles. The second-order valence-electron chi connectivity index (χ2n) is 7.18. The molecule has 0 radical (unpaired) electrons. The molecule has 0 saturated carbocycles. The van der Waals surface area contributed by atoms with Crippen LogP contribution in [-0.4, -0.2) is 51.2 Å². The van der Waals surface area contributed by atoms with E-state index in [0.29, 0.717) is 25.9 Å². The second-order valence-corrected chi connectivity index (χ2v) is 7.18. The molecule has 0 bridgehead atoms. The van der Waals surface area contributed by atoms with E-state index in [9.17, 15) is 9.59 Å². The number of aryl methyl sites for hydroxylation is 1. The molecule has 1 N–H and O–H groups in total. The lowest BCUT2D eigenvalue weighted by Crippen LogP contribution is -2.53. The zero-order valence-electron chi connectivity index (χ0n) is 15.0. The van der Waals surface area contributed by atoms with E-state index < -0.39 is 17.7 Å². The zero-order valence-corrected chi connectivity index (χ0v) is 15.0. The number of rotatable bonds is 4. The Morgan fingerprint density at radius 1 is 1.38 bits per heavy atom. The Kier molecular flexibility index (Phi) is 5.85. The summed E-state index contributed by atoms with van der Waals surface area (Å²) < 4.78 is 7.36. The summed E-state index contributed by atoms with van der Waals surface area (Å²) in [7, 11) is 1.93. The van der Waals surface area contributed by atoms with Crippen LogP contribution in [0, 0.1) is 0 Å². The maximum Gasteiger partial charge on any atom is 0.410 e. The van der Waals surface area contributed by atoms with E-state index in [2.05, 4.69) is 10.3 Å². The largest absolute Gasteiger partial charge is 0.444 e. The standard InChI is InChI=1S/C17H28N4O3/c1-17(2,3)24-16(23)21-11-6-5-7-13(21)15(22)19-9-8-14-18-10-12-20(14)4/h10,12-13H,5-9,11H2,1-4H3,(H,19,22)/t13-/m1/s1. The highest BCUT2D eigenvalue weighted by Gasteiger charge is 2.34. The number of imidazole rings is 1. The molecule has 1 saturated heterocycles. The van der Waals surface area contributed by atoms with Gasteiger partial charge >= 0.3 is 6.09 Å². The van der Waals surface area contributed by atoms with E-state index >= 15 is 0 Å². The fraction of sp³-hybridized carbons (Fsp3) is 0.706. The fourth-order valence-corrected chi connectivity index (χ4v) is 2.80. The Bertz CT molecular complexity index is 577. The molecule has 1 aliphatic rings. The van der Waals surface area contributed by atoms with Crippen LogP contribution >= 0.6 is 0 Å². The van der Waals surface area contributed by atoms with Crippen LogP contribution in [0.15, 0.2) is 12.4 Å².